The van der Waals surface area contributed by atoms with Crippen LogP contribution in [0.25, 0.3) is 0 Å². The predicted octanol–water partition coefficient (Wildman–Crippen LogP) is 1.05. The fourth-order valence-corrected chi connectivity index (χ4v) is 1.26. The zero-order chi connectivity index (χ0) is 11.3. The van der Waals surface area contributed by atoms with Gasteiger partial charge in [-0.05, 0) is 12.1 Å². The molecule has 0 aliphatic rings. The first kappa shape index (κ1) is 11.8. The van der Waals surface area contributed by atoms with Crippen LogP contribution in [0.15, 0.2) is 18.2 Å². The lowest BCUT2D eigenvalue weighted by molar-refractivity contribution is -0.118. The molecular formula is C10H13ClN2O2. The minimum Gasteiger partial charge on any atom is -0.493 e. The van der Waals surface area contributed by atoms with Crippen molar-refractivity contribution < 1.29 is 9.53 Å². The molecule has 5 heteroatoms. The molecule has 0 unspecified atom stereocenters. The summed E-state index contributed by atoms with van der Waals surface area (Å²) >= 11 is 5.80. The molecule has 0 radical (unpaired) electrons. The molecule has 4 nitrogen and oxygen atoms in total. The Labute approximate surface area is 93.1 Å². The number of hydrogen-bond donors (Lipinski definition) is 2. The molecule has 0 saturated heterocycles. The van der Waals surface area contributed by atoms with Crippen LogP contribution in [0.3, 0.4) is 0 Å². The smallest absolute Gasteiger partial charge is 0.220 e. The summed E-state index contributed by atoms with van der Waals surface area (Å²) in [5, 5.41) is 0.571. The molecule has 0 fully saturated rings. The van der Waals surface area contributed by atoms with Gasteiger partial charge in [0, 0.05) is 17.1 Å². The third-order valence-electron chi connectivity index (χ3n) is 1.86. The zero-order valence-corrected chi connectivity index (χ0v) is 8.96. The Hall–Kier alpha value is -1.26. The normalized spacial score (nSPS) is 10.0. The maximum Gasteiger partial charge on any atom is 0.220 e. The molecule has 1 rings (SSSR count). The molecule has 0 heterocycles. The molecular weight excluding hydrogens is 216 g/mol. The monoisotopic (exact) mass is 228 g/mol. The lowest BCUT2D eigenvalue weighted by atomic mass is 10.2. The van der Waals surface area contributed by atoms with Gasteiger partial charge in [0.2, 0.25) is 5.91 Å². The summed E-state index contributed by atoms with van der Waals surface area (Å²) in [6.45, 7) is 0.603. The Kier molecular flexibility index (Phi) is 4.39. The van der Waals surface area contributed by atoms with E-state index in [2.05, 4.69) is 0 Å². The van der Waals surface area contributed by atoms with Crippen molar-refractivity contribution in [3.63, 3.8) is 0 Å². The van der Waals surface area contributed by atoms with Crippen LogP contribution in [0.2, 0.25) is 5.02 Å². The van der Waals surface area contributed by atoms with E-state index in [0.717, 1.165) is 5.56 Å². The second-order valence-electron chi connectivity index (χ2n) is 3.02. The third kappa shape index (κ3) is 3.77. The van der Waals surface area contributed by atoms with E-state index in [9.17, 15) is 4.79 Å². The van der Waals surface area contributed by atoms with Crippen LogP contribution < -0.4 is 16.2 Å². The van der Waals surface area contributed by atoms with E-state index in [-0.39, 0.29) is 13.0 Å². The van der Waals surface area contributed by atoms with Crippen molar-refractivity contribution >= 4 is 17.5 Å². The van der Waals surface area contributed by atoms with Crippen molar-refractivity contribution in [3.8, 4) is 5.75 Å². The van der Waals surface area contributed by atoms with Gasteiger partial charge in [0.05, 0.1) is 13.0 Å². The molecule has 0 aliphatic heterocycles. The Morgan fingerprint density at radius 1 is 1.47 bits per heavy atom. The zero-order valence-electron chi connectivity index (χ0n) is 8.20. The summed E-state index contributed by atoms with van der Waals surface area (Å²) in [4.78, 5) is 10.5. The van der Waals surface area contributed by atoms with Crippen molar-refractivity contribution in [2.45, 2.75) is 13.0 Å². The summed E-state index contributed by atoms with van der Waals surface area (Å²) < 4.78 is 5.35. The highest BCUT2D eigenvalue weighted by Crippen LogP contribution is 2.23. The number of ether oxygens (including phenoxy) is 1. The second-order valence-corrected chi connectivity index (χ2v) is 3.46. The average Bonchev–Trinajstić information content (AvgIpc) is 2.17. The van der Waals surface area contributed by atoms with Crippen molar-refractivity contribution in [2.75, 3.05) is 6.61 Å². The van der Waals surface area contributed by atoms with Gasteiger partial charge in [-0.2, -0.15) is 0 Å². The summed E-state index contributed by atoms with van der Waals surface area (Å²) in [6.07, 6.45) is 0.177. The van der Waals surface area contributed by atoms with Crippen LogP contribution in [-0.2, 0) is 11.3 Å². The molecule has 4 N–H and O–H groups in total. The van der Waals surface area contributed by atoms with Crippen LogP contribution in [0.5, 0.6) is 5.75 Å². The van der Waals surface area contributed by atoms with Crippen LogP contribution in [0.4, 0.5) is 0 Å². The van der Waals surface area contributed by atoms with Crippen LogP contribution >= 0.6 is 11.6 Å². The molecule has 0 atom stereocenters. The van der Waals surface area contributed by atoms with Crippen molar-refractivity contribution in [1.82, 2.24) is 0 Å². The molecule has 0 aliphatic carbocycles. The minimum absolute atomic E-state index is 0.177. The standard InChI is InChI=1S/C10H13ClN2O2/c11-8-2-1-7(6-12)9(5-8)15-4-3-10(13)14/h1-2,5H,3-4,6,12H2,(H2,13,14). The highest BCUT2D eigenvalue weighted by atomic mass is 35.5. The molecule has 0 spiro atoms. The molecule has 82 valence electrons. The molecule has 1 aromatic rings. The van der Waals surface area contributed by atoms with E-state index in [1.165, 1.54) is 0 Å². The SMILES string of the molecule is NCc1ccc(Cl)cc1OCCC(N)=O. The molecule has 15 heavy (non-hydrogen) atoms. The highest BCUT2D eigenvalue weighted by Gasteiger charge is 2.04. The van der Waals surface area contributed by atoms with Gasteiger partial charge >= 0.3 is 0 Å². The Bertz CT molecular complexity index is 355. The summed E-state index contributed by atoms with van der Waals surface area (Å²) in [6, 6.07) is 5.21. The molecule has 0 aromatic heterocycles. The number of rotatable bonds is 5. The molecule has 0 saturated carbocycles. The van der Waals surface area contributed by atoms with E-state index in [0.29, 0.717) is 17.3 Å². The van der Waals surface area contributed by atoms with E-state index in [1.807, 2.05) is 0 Å². The number of primary amides is 1. The number of halogens is 1. The first-order chi connectivity index (χ1) is 7.13. The minimum atomic E-state index is -0.397. The van der Waals surface area contributed by atoms with Crippen LogP contribution in [-0.4, -0.2) is 12.5 Å². The van der Waals surface area contributed by atoms with E-state index >= 15 is 0 Å². The molecule has 1 amide bonds. The number of amides is 1. The summed E-state index contributed by atoms with van der Waals surface area (Å²) in [5.74, 6) is 0.206. The lowest BCUT2D eigenvalue weighted by Crippen LogP contribution is -2.15. The fraction of sp³-hybridized carbons (Fsp3) is 0.300. The number of hydrogen-bond acceptors (Lipinski definition) is 3. The van der Waals surface area contributed by atoms with Gasteiger partial charge in [0.25, 0.3) is 0 Å². The molecule has 0 bridgehead atoms. The largest absolute Gasteiger partial charge is 0.493 e. The topological polar surface area (TPSA) is 78.3 Å². The van der Waals surface area contributed by atoms with Gasteiger partial charge in [-0.25, -0.2) is 0 Å². The first-order valence-corrected chi connectivity index (χ1v) is 4.91. The third-order valence-corrected chi connectivity index (χ3v) is 2.09. The summed E-state index contributed by atoms with van der Waals surface area (Å²) in [7, 11) is 0. The van der Waals surface area contributed by atoms with Crippen LogP contribution in [0.1, 0.15) is 12.0 Å². The van der Waals surface area contributed by atoms with Crippen molar-refractivity contribution in [1.29, 1.82) is 0 Å². The Balaban J connectivity index is 2.65. The van der Waals surface area contributed by atoms with Crippen LogP contribution in [0, 0.1) is 0 Å². The van der Waals surface area contributed by atoms with E-state index < -0.39 is 5.91 Å². The number of benzene rings is 1. The maximum atomic E-state index is 10.5. The van der Waals surface area contributed by atoms with Crippen molar-refractivity contribution in [2.24, 2.45) is 11.5 Å². The Morgan fingerprint density at radius 3 is 2.80 bits per heavy atom. The van der Waals surface area contributed by atoms with Crippen molar-refractivity contribution in [3.05, 3.63) is 28.8 Å². The maximum absolute atomic E-state index is 10.5. The van der Waals surface area contributed by atoms with Gasteiger partial charge in [0.15, 0.2) is 0 Å². The second kappa shape index (κ2) is 5.58. The van der Waals surface area contributed by atoms with Gasteiger partial charge in [-0.3, -0.25) is 4.79 Å². The fourth-order valence-electron chi connectivity index (χ4n) is 1.09. The quantitative estimate of drug-likeness (QED) is 0.791. The van der Waals surface area contributed by atoms with Gasteiger partial charge in [0.1, 0.15) is 5.75 Å². The van der Waals surface area contributed by atoms with E-state index in [1.54, 1.807) is 18.2 Å². The van der Waals surface area contributed by atoms with Gasteiger partial charge in [-0.15, -0.1) is 0 Å². The summed E-state index contributed by atoms with van der Waals surface area (Å²) in [5.41, 5.74) is 11.4. The number of carbonyl (C=O) groups excluding carboxylic acids is 1. The highest BCUT2D eigenvalue weighted by molar-refractivity contribution is 6.30. The molecule has 1 aromatic carbocycles. The van der Waals surface area contributed by atoms with Gasteiger partial charge in [-0.1, -0.05) is 17.7 Å². The lowest BCUT2D eigenvalue weighted by Gasteiger charge is -2.09. The van der Waals surface area contributed by atoms with Gasteiger partial charge < -0.3 is 16.2 Å². The van der Waals surface area contributed by atoms with E-state index in [4.69, 9.17) is 27.8 Å². The predicted molar refractivity (Wildman–Crippen MR) is 58.6 cm³/mol. The number of nitrogens with two attached hydrogens (primary N) is 2. The average molecular weight is 229 g/mol. The number of carbonyl (C=O) groups is 1. The Morgan fingerprint density at radius 2 is 2.20 bits per heavy atom. The first-order valence-electron chi connectivity index (χ1n) is 4.53.